The molecule has 0 fully saturated rings. The van der Waals surface area contributed by atoms with Crippen LogP contribution in [-0.2, 0) is 4.79 Å². The molecular weight excluding hydrogens is 370 g/mol. The first-order valence-corrected chi connectivity index (χ1v) is 9.36. The van der Waals surface area contributed by atoms with Crippen LogP contribution in [0.3, 0.4) is 0 Å². The number of rotatable bonds is 10. The number of aromatic nitrogens is 3. The zero-order chi connectivity index (χ0) is 21.4. The lowest BCUT2D eigenvalue weighted by Crippen LogP contribution is -2.13. The highest BCUT2D eigenvalue weighted by atomic mass is 16.3. The minimum absolute atomic E-state index is 0.146. The molecule has 0 bridgehead atoms. The van der Waals surface area contributed by atoms with Gasteiger partial charge in [0.05, 0.1) is 5.69 Å². The van der Waals surface area contributed by atoms with E-state index in [-0.39, 0.29) is 18.0 Å². The van der Waals surface area contributed by atoms with Crippen LogP contribution in [0.4, 0.5) is 11.6 Å². The second-order valence-corrected chi connectivity index (χ2v) is 6.71. The fourth-order valence-corrected chi connectivity index (χ4v) is 2.73. The Balaban J connectivity index is 2.09. The number of nitrogens with one attached hydrogen (secondary N) is 1. The van der Waals surface area contributed by atoms with Crippen molar-refractivity contribution in [2.45, 2.75) is 26.7 Å². The molecule has 0 aromatic carbocycles. The number of aldehydes is 1. The van der Waals surface area contributed by atoms with Crippen LogP contribution >= 0.6 is 0 Å². The minimum atomic E-state index is 0.146. The molecule has 2 aromatic rings. The van der Waals surface area contributed by atoms with Gasteiger partial charge >= 0.3 is 0 Å². The summed E-state index contributed by atoms with van der Waals surface area (Å²) in [6.45, 7) is 5.06. The second-order valence-electron chi connectivity index (χ2n) is 6.71. The number of nitrogens with two attached hydrogens (primary N) is 1. The van der Waals surface area contributed by atoms with Crippen LogP contribution in [0, 0.1) is 25.2 Å². The molecule has 2 aromatic heterocycles. The number of hydrogen-bond donors (Lipinski definition) is 3. The number of aliphatic hydroxyl groups is 1. The molecule has 154 valence electrons. The normalized spacial score (nSPS) is 11.8. The molecule has 9 nitrogen and oxygen atoms in total. The summed E-state index contributed by atoms with van der Waals surface area (Å²) < 4.78 is 1.48. The van der Waals surface area contributed by atoms with E-state index in [1.165, 1.54) is 4.52 Å². The largest absolute Gasteiger partial charge is 0.396 e. The topological polar surface area (TPSA) is 133 Å². The highest BCUT2D eigenvalue weighted by Gasteiger charge is 2.16. The second kappa shape index (κ2) is 10.2. The van der Waals surface area contributed by atoms with Crippen molar-refractivity contribution in [3.63, 3.8) is 0 Å². The Kier molecular flexibility index (Phi) is 7.74. The molecule has 2 heterocycles. The smallest absolute Gasteiger partial charge is 0.162 e. The maximum Gasteiger partial charge on any atom is 0.162 e. The molecule has 0 aliphatic carbocycles. The van der Waals surface area contributed by atoms with Crippen molar-refractivity contribution in [2.75, 3.05) is 37.8 Å². The first-order chi connectivity index (χ1) is 13.9. The maximum atomic E-state index is 11.3. The quantitative estimate of drug-likeness (QED) is 0.312. The number of nitrogens with zero attached hydrogens (tertiary/aromatic N) is 5. The zero-order valence-electron chi connectivity index (χ0n) is 17.0. The molecule has 9 heteroatoms. The summed E-state index contributed by atoms with van der Waals surface area (Å²) in [7, 11) is 1.90. The van der Waals surface area contributed by atoms with Crippen molar-refractivity contribution in [1.82, 2.24) is 19.5 Å². The van der Waals surface area contributed by atoms with Gasteiger partial charge in [-0.25, -0.2) is 4.98 Å². The molecule has 4 N–H and O–H groups in total. The number of carbonyl (C=O) groups is 1. The van der Waals surface area contributed by atoms with Crippen molar-refractivity contribution in [1.29, 1.82) is 5.26 Å². The summed E-state index contributed by atoms with van der Waals surface area (Å²) in [5.74, 6) is 0.612. The molecule has 0 aliphatic heterocycles. The molecule has 0 spiro atoms. The summed E-state index contributed by atoms with van der Waals surface area (Å²) in [5.41, 5.74) is 9.22. The molecule has 0 aliphatic rings. The number of aliphatic hydroxyl groups excluding tert-OH is 1. The Morgan fingerprint density at radius 1 is 1.45 bits per heavy atom. The number of hydrogen-bond acceptors (Lipinski definition) is 8. The zero-order valence-corrected chi connectivity index (χ0v) is 17.0. The van der Waals surface area contributed by atoms with E-state index in [1.54, 1.807) is 12.2 Å². The van der Waals surface area contributed by atoms with E-state index < -0.39 is 0 Å². The first kappa shape index (κ1) is 21.9. The van der Waals surface area contributed by atoms with Gasteiger partial charge in [0.15, 0.2) is 5.65 Å². The molecule has 0 atom stereocenters. The molecule has 0 amide bonds. The van der Waals surface area contributed by atoms with E-state index in [2.05, 4.69) is 21.5 Å². The van der Waals surface area contributed by atoms with Crippen molar-refractivity contribution >= 4 is 23.6 Å². The van der Waals surface area contributed by atoms with Gasteiger partial charge in [0, 0.05) is 32.3 Å². The van der Waals surface area contributed by atoms with Gasteiger partial charge in [0.1, 0.15) is 29.6 Å². The molecule has 0 saturated heterocycles. The molecule has 29 heavy (non-hydrogen) atoms. The van der Waals surface area contributed by atoms with Gasteiger partial charge in [-0.15, -0.1) is 0 Å². The summed E-state index contributed by atoms with van der Waals surface area (Å²) in [5, 5.41) is 25.7. The SMILES string of the molecule is Cc1nn2c(N)c(C#N)c(NCC/C(C=O)=C/C=C\N(C)CCCO)nc2c1C. The lowest BCUT2D eigenvalue weighted by Gasteiger charge is -2.12. The minimum Gasteiger partial charge on any atom is -0.396 e. The van der Waals surface area contributed by atoms with Crippen molar-refractivity contribution in [2.24, 2.45) is 0 Å². The monoisotopic (exact) mass is 397 g/mol. The van der Waals surface area contributed by atoms with Gasteiger partial charge in [-0.05, 0) is 44.5 Å². The Morgan fingerprint density at radius 2 is 2.21 bits per heavy atom. The number of carbonyl (C=O) groups excluding carboxylic acids is 1. The standard InChI is InChI=1S/C20H27N7O2/c1-14-15(2)25-27-18(22)17(12-21)19(24-20(14)27)23-8-7-16(13-29)6-4-9-26(3)10-5-11-28/h4,6,9,13,28H,5,7-8,10-11,22H2,1-3H3,(H,23,24)/b9-4-,16-6-. The summed E-state index contributed by atoms with van der Waals surface area (Å²) >= 11 is 0. The Labute approximate surface area is 170 Å². The fourth-order valence-electron chi connectivity index (χ4n) is 2.73. The van der Waals surface area contributed by atoms with E-state index in [4.69, 9.17) is 10.8 Å². The van der Waals surface area contributed by atoms with Gasteiger partial charge in [0.2, 0.25) is 0 Å². The Hall–Kier alpha value is -3.38. The third-order valence-electron chi connectivity index (χ3n) is 4.56. The Morgan fingerprint density at radius 3 is 2.86 bits per heavy atom. The third kappa shape index (κ3) is 5.33. The lowest BCUT2D eigenvalue weighted by molar-refractivity contribution is -0.105. The summed E-state index contributed by atoms with van der Waals surface area (Å²) in [4.78, 5) is 17.8. The summed E-state index contributed by atoms with van der Waals surface area (Å²) in [6.07, 6.45) is 7.34. The number of anilines is 2. The van der Waals surface area contributed by atoms with E-state index in [0.717, 1.165) is 24.1 Å². The number of nitrogen functional groups attached to an aromatic ring is 1. The van der Waals surface area contributed by atoms with E-state index >= 15 is 0 Å². The predicted molar refractivity (Wildman–Crippen MR) is 112 cm³/mol. The van der Waals surface area contributed by atoms with Crippen molar-refractivity contribution < 1.29 is 9.90 Å². The highest BCUT2D eigenvalue weighted by Crippen LogP contribution is 2.24. The molecule has 0 unspecified atom stereocenters. The Bertz CT molecular complexity index is 970. The predicted octanol–water partition coefficient (Wildman–Crippen LogP) is 1.56. The number of allylic oxidation sites excluding steroid dienone is 2. The van der Waals surface area contributed by atoms with Gasteiger partial charge in [-0.2, -0.15) is 14.9 Å². The highest BCUT2D eigenvalue weighted by molar-refractivity contribution is 5.74. The number of fused-ring (bicyclic) bond motifs is 1. The van der Waals surface area contributed by atoms with Gasteiger partial charge in [-0.1, -0.05) is 6.08 Å². The van der Waals surface area contributed by atoms with Crippen LogP contribution in [0.25, 0.3) is 5.65 Å². The third-order valence-corrected chi connectivity index (χ3v) is 4.56. The maximum absolute atomic E-state index is 11.3. The van der Waals surface area contributed by atoms with Gasteiger partial charge in [0.25, 0.3) is 0 Å². The van der Waals surface area contributed by atoms with Crippen LogP contribution < -0.4 is 11.1 Å². The number of nitriles is 1. The average molecular weight is 397 g/mol. The van der Waals surface area contributed by atoms with Crippen molar-refractivity contribution in [3.8, 4) is 6.07 Å². The van der Waals surface area contributed by atoms with Crippen LogP contribution in [0.1, 0.15) is 29.7 Å². The molecule has 2 rings (SSSR count). The van der Waals surface area contributed by atoms with Crippen LogP contribution in [0.15, 0.2) is 23.9 Å². The molecule has 0 radical (unpaired) electrons. The van der Waals surface area contributed by atoms with Crippen LogP contribution in [0.2, 0.25) is 0 Å². The van der Waals surface area contributed by atoms with Crippen LogP contribution in [-0.4, -0.2) is 57.6 Å². The van der Waals surface area contributed by atoms with Crippen molar-refractivity contribution in [3.05, 3.63) is 40.7 Å². The molecule has 0 saturated carbocycles. The van der Waals surface area contributed by atoms with Crippen LogP contribution in [0.5, 0.6) is 0 Å². The summed E-state index contributed by atoms with van der Waals surface area (Å²) in [6, 6.07) is 2.07. The van der Waals surface area contributed by atoms with E-state index in [1.807, 2.05) is 32.0 Å². The van der Waals surface area contributed by atoms with Gasteiger partial charge in [-0.3, -0.25) is 4.79 Å². The average Bonchev–Trinajstić information content (AvgIpc) is 3.00. The van der Waals surface area contributed by atoms with Gasteiger partial charge < -0.3 is 21.1 Å². The van der Waals surface area contributed by atoms with E-state index in [0.29, 0.717) is 36.4 Å². The lowest BCUT2D eigenvalue weighted by atomic mass is 10.2. The first-order valence-electron chi connectivity index (χ1n) is 9.36. The molecular formula is C20H27N7O2. The number of aryl methyl sites for hydroxylation is 2. The van der Waals surface area contributed by atoms with E-state index in [9.17, 15) is 10.1 Å². The fraction of sp³-hybridized carbons (Fsp3) is 0.400.